The van der Waals surface area contributed by atoms with Crippen molar-refractivity contribution >= 4 is 52.3 Å². The third kappa shape index (κ3) is 3.82. The number of anilines is 3. The van der Waals surface area contributed by atoms with Gasteiger partial charge in [0.25, 0.3) is 0 Å². The van der Waals surface area contributed by atoms with Crippen molar-refractivity contribution in [2.75, 3.05) is 4.90 Å². The van der Waals surface area contributed by atoms with Gasteiger partial charge in [-0.3, -0.25) is 0 Å². The number of rotatable bonds is 3. The molecule has 0 fully saturated rings. The minimum atomic E-state index is -0.0742. The van der Waals surface area contributed by atoms with Crippen LogP contribution in [0.2, 0.25) is 0 Å². The van der Waals surface area contributed by atoms with E-state index in [4.69, 9.17) is 0 Å². The molecular formula is C33H25NS3. The summed E-state index contributed by atoms with van der Waals surface area (Å²) in [6, 6.07) is 42.0. The molecule has 4 heteroatoms. The topological polar surface area (TPSA) is 3.24 Å². The first kappa shape index (κ1) is 23.1. The number of benzene rings is 5. The number of hydrogen-bond donors (Lipinski definition) is 0. The van der Waals surface area contributed by atoms with Gasteiger partial charge < -0.3 is 4.90 Å². The normalized spacial score (nSPS) is 14.6. The van der Waals surface area contributed by atoms with Gasteiger partial charge in [0.1, 0.15) is 0 Å². The molecule has 2 aliphatic heterocycles. The molecule has 0 radical (unpaired) electrons. The summed E-state index contributed by atoms with van der Waals surface area (Å²) in [4.78, 5) is 10.4. The van der Waals surface area contributed by atoms with E-state index in [0.29, 0.717) is 0 Å². The molecule has 0 amide bonds. The summed E-state index contributed by atoms with van der Waals surface area (Å²) in [5, 5.41) is 0. The van der Waals surface area contributed by atoms with Gasteiger partial charge in [-0.2, -0.15) is 0 Å². The largest absolute Gasteiger partial charge is 0.308 e. The lowest BCUT2D eigenvalue weighted by Crippen LogP contribution is -2.25. The predicted octanol–water partition coefficient (Wildman–Crippen LogP) is 10.6. The minimum Gasteiger partial charge on any atom is -0.308 e. The fraction of sp³-hybridized carbons (Fsp3) is 0.0909. The molecule has 7 rings (SSSR count). The average molecular weight is 532 g/mol. The second-order valence-corrected chi connectivity index (χ2v) is 13.0. The Morgan fingerprint density at radius 3 is 1.78 bits per heavy atom. The van der Waals surface area contributed by atoms with Gasteiger partial charge in [-0.1, -0.05) is 116 Å². The second-order valence-electron chi connectivity index (χ2n) is 9.80. The van der Waals surface area contributed by atoms with Crippen LogP contribution in [0, 0.1) is 0 Å². The van der Waals surface area contributed by atoms with Crippen LogP contribution >= 0.6 is 35.3 Å². The fourth-order valence-electron chi connectivity index (χ4n) is 5.32. The fourth-order valence-corrected chi connectivity index (χ4v) is 9.18. The lowest BCUT2D eigenvalue weighted by Gasteiger charge is -2.38. The van der Waals surface area contributed by atoms with E-state index < -0.39 is 0 Å². The van der Waals surface area contributed by atoms with Crippen molar-refractivity contribution < 1.29 is 0 Å². The standard InChI is InChI=1S/C33H25NS3/c1-33(2)23-14-6-7-18-27(23)36-31-24(33)15-10-16-25(31)34(22-12-4-3-5-13-22)26-17-11-21-30-32(26)37-29-20-9-8-19-28(29)35-30/h3-21H,1-2H3. The van der Waals surface area contributed by atoms with E-state index in [1.54, 1.807) is 0 Å². The average Bonchev–Trinajstić information content (AvgIpc) is 2.93. The number of para-hydroxylation sites is 1. The first-order valence-corrected chi connectivity index (χ1v) is 14.9. The zero-order chi connectivity index (χ0) is 25.0. The molecule has 0 spiro atoms. The van der Waals surface area contributed by atoms with Crippen LogP contribution in [0.3, 0.4) is 0 Å². The van der Waals surface area contributed by atoms with Gasteiger partial charge in [-0.25, -0.2) is 0 Å². The van der Waals surface area contributed by atoms with E-state index in [2.05, 4.69) is 134 Å². The maximum absolute atomic E-state index is 2.47. The van der Waals surface area contributed by atoms with Gasteiger partial charge in [-0.05, 0) is 59.7 Å². The lowest BCUT2D eigenvalue weighted by molar-refractivity contribution is 0.607. The molecule has 5 aromatic carbocycles. The number of fused-ring (bicyclic) bond motifs is 4. The van der Waals surface area contributed by atoms with Gasteiger partial charge in [0.2, 0.25) is 0 Å². The smallest absolute Gasteiger partial charge is 0.0613 e. The Labute approximate surface area is 231 Å². The van der Waals surface area contributed by atoms with Crippen LogP contribution in [-0.4, -0.2) is 0 Å². The van der Waals surface area contributed by atoms with Crippen molar-refractivity contribution in [1.82, 2.24) is 0 Å². The molecule has 1 nitrogen and oxygen atoms in total. The highest BCUT2D eigenvalue weighted by atomic mass is 32.2. The molecule has 0 N–H and O–H groups in total. The van der Waals surface area contributed by atoms with Crippen molar-refractivity contribution in [2.45, 2.75) is 48.6 Å². The molecule has 0 bridgehead atoms. The number of nitrogens with zero attached hydrogens (tertiary/aromatic N) is 1. The summed E-state index contributed by atoms with van der Waals surface area (Å²) in [6.07, 6.45) is 0. The first-order chi connectivity index (χ1) is 18.1. The highest BCUT2D eigenvalue weighted by Gasteiger charge is 2.35. The summed E-state index contributed by atoms with van der Waals surface area (Å²) in [7, 11) is 0. The van der Waals surface area contributed by atoms with Crippen LogP contribution in [0.1, 0.15) is 25.0 Å². The second kappa shape index (κ2) is 9.05. The maximum atomic E-state index is 2.47. The summed E-state index contributed by atoms with van der Waals surface area (Å²) in [5.74, 6) is 0. The Hall–Kier alpha value is -3.05. The Balaban J connectivity index is 1.45. The number of hydrogen-bond acceptors (Lipinski definition) is 4. The molecule has 37 heavy (non-hydrogen) atoms. The molecule has 0 unspecified atom stereocenters. The Bertz CT molecular complexity index is 1640. The van der Waals surface area contributed by atoms with Crippen LogP contribution in [0.15, 0.2) is 145 Å². The lowest BCUT2D eigenvalue weighted by atomic mass is 9.77. The van der Waals surface area contributed by atoms with E-state index in [9.17, 15) is 0 Å². The Morgan fingerprint density at radius 1 is 0.459 bits per heavy atom. The summed E-state index contributed by atoms with van der Waals surface area (Å²) in [6.45, 7) is 4.71. The molecule has 0 saturated heterocycles. The van der Waals surface area contributed by atoms with Crippen molar-refractivity contribution in [1.29, 1.82) is 0 Å². The highest BCUT2D eigenvalue weighted by molar-refractivity contribution is 8.05. The van der Waals surface area contributed by atoms with E-state index in [1.807, 2.05) is 35.3 Å². The van der Waals surface area contributed by atoms with E-state index in [0.717, 1.165) is 0 Å². The van der Waals surface area contributed by atoms with Crippen LogP contribution in [0.4, 0.5) is 17.1 Å². The van der Waals surface area contributed by atoms with Crippen molar-refractivity contribution in [3.63, 3.8) is 0 Å². The third-order valence-corrected chi connectivity index (χ3v) is 11.0. The van der Waals surface area contributed by atoms with Crippen LogP contribution in [0.5, 0.6) is 0 Å². The molecule has 2 heterocycles. The first-order valence-electron chi connectivity index (χ1n) is 12.4. The predicted molar refractivity (Wildman–Crippen MR) is 159 cm³/mol. The molecule has 0 saturated carbocycles. The zero-order valence-electron chi connectivity index (χ0n) is 20.6. The minimum absolute atomic E-state index is 0.0742. The quantitative estimate of drug-likeness (QED) is 0.223. The molecule has 180 valence electrons. The monoisotopic (exact) mass is 531 g/mol. The molecule has 0 aromatic heterocycles. The molecule has 0 atom stereocenters. The maximum Gasteiger partial charge on any atom is 0.0613 e. The van der Waals surface area contributed by atoms with Gasteiger partial charge in [0.05, 0.1) is 16.3 Å². The summed E-state index contributed by atoms with van der Waals surface area (Å²) < 4.78 is 0. The summed E-state index contributed by atoms with van der Waals surface area (Å²) in [5.41, 5.74) is 6.33. The van der Waals surface area contributed by atoms with Gasteiger partial charge >= 0.3 is 0 Å². The van der Waals surface area contributed by atoms with E-state index in [-0.39, 0.29) is 5.41 Å². The zero-order valence-corrected chi connectivity index (χ0v) is 23.1. The van der Waals surface area contributed by atoms with E-state index in [1.165, 1.54) is 57.6 Å². The van der Waals surface area contributed by atoms with E-state index >= 15 is 0 Å². The highest BCUT2D eigenvalue weighted by Crippen LogP contribution is 2.57. The Morgan fingerprint density at radius 2 is 1.00 bits per heavy atom. The molecule has 2 aliphatic rings. The van der Waals surface area contributed by atoms with Crippen LogP contribution < -0.4 is 4.90 Å². The van der Waals surface area contributed by atoms with Crippen molar-refractivity contribution in [2.24, 2.45) is 0 Å². The van der Waals surface area contributed by atoms with Crippen LogP contribution in [0.25, 0.3) is 0 Å². The van der Waals surface area contributed by atoms with Gasteiger partial charge in [0, 0.05) is 35.6 Å². The van der Waals surface area contributed by atoms with Crippen molar-refractivity contribution in [3.05, 3.63) is 126 Å². The van der Waals surface area contributed by atoms with Gasteiger partial charge in [-0.15, -0.1) is 0 Å². The molecular weight excluding hydrogens is 507 g/mol. The SMILES string of the molecule is CC1(C)c2ccccc2Sc2c(N(c3ccccc3)c3cccc4c3Sc3ccccc3S4)cccc21. The Kier molecular flexibility index (Phi) is 5.65. The summed E-state index contributed by atoms with van der Waals surface area (Å²) >= 11 is 5.66. The van der Waals surface area contributed by atoms with Gasteiger partial charge in [0.15, 0.2) is 0 Å². The molecule has 0 aliphatic carbocycles. The van der Waals surface area contributed by atoms with Crippen LogP contribution in [-0.2, 0) is 5.41 Å². The van der Waals surface area contributed by atoms with Crippen molar-refractivity contribution in [3.8, 4) is 0 Å². The third-order valence-electron chi connectivity index (χ3n) is 7.18. The molecule has 5 aromatic rings.